The van der Waals surface area contributed by atoms with Gasteiger partial charge in [-0.15, -0.1) is 0 Å². The highest BCUT2D eigenvalue weighted by molar-refractivity contribution is 5.89. The van der Waals surface area contributed by atoms with E-state index in [0.29, 0.717) is 32.7 Å². The lowest BCUT2D eigenvalue weighted by Gasteiger charge is -2.26. The molecule has 2 atom stereocenters. The summed E-state index contributed by atoms with van der Waals surface area (Å²) in [7, 11) is 0. The van der Waals surface area contributed by atoms with Crippen LogP contribution in [0.25, 0.3) is 0 Å². The zero-order chi connectivity index (χ0) is 13.8. The second-order valence-electron chi connectivity index (χ2n) is 4.82. The van der Waals surface area contributed by atoms with Gasteiger partial charge in [0.05, 0.1) is 25.0 Å². The van der Waals surface area contributed by atoms with Gasteiger partial charge in [-0.3, -0.25) is 14.4 Å². The Morgan fingerprint density at radius 2 is 1.89 bits per heavy atom. The predicted molar refractivity (Wildman–Crippen MR) is 64.3 cm³/mol. The minimum atomic E-state index is -0.926. The Morgan fingerprint density at radius 1 is 1.21 bits per heavy atom. The Kier molecular flexibility index (Phi) is 4.36. The van der Waals surface area contributed by atoms with Crippen LogP contribution in [0.4, 0.5) is 0 Å². The third kappa shape index (κ3) is 3.66. The molecule has 2 fully saturated rings. The molecule has 0 unspecified atom stereocenters. The number of aliphatic carboxylic acids is 1. The van der Waals surface area contributed by atoms with E-state index in [9.17, 15) is 14.4 Å². The lowest BCUT2D eigenvalue weighted by atomic mass is 10.3. The minimum absolute atomic E-state index is 0.00539. The largest absolute Gasteiger partial charge is 0.481 e. The fourth-order valence-corrected chi connectivity index (χ4v) is 2.15. The van der Waals surface area contributed by atoms with Gasteiger partial charge in [0.25, 0.3) is 0 Å². The molecule has 1 saturated carbocycles. The Balaban J connectivity index is 1.62. The lowest BCUT2D eigenvalue weighted by Crippen LogP contribution is -2.42. The van der Waals surface area contributed by atoms with Crippen molar-refractivity contribution in [2.45, 2.75) is 12.8 Å². The first-order valence-corrected chi connectivity index (χ1v) is 6.45. The van der Waals surface area contributed by atoms with Crippen molar-refractivity contribution in [2.24, 2.45) is 11.8 Å². The van der Waals surface area contributed by atoms with Crippen LogP contribution in [0, 0.1) is 11.8 Å². The SMILES string of the molecule is O=C(O)[C@H]1C[C@H]1C(=O)NCCC(=O)N1CCOCC1. The number of carboxylic acid groups (broad SMARTS) is 1. The standard InChI is InChI=1S/C12H18N2O5/c15-10(14-3-5-19-6-4-14)1-2-13-11(16)8-7-9(8)12(17)18/h8-9H,1-7H2,(H,13,16)(H,17,18)/t8-,9+/m1/s1. The van der Waals surface area contributed by atoms with E-state index < -0.39 is 17.8 Å². The number of carbonyl (C=O) groups excluding carboxylic acids is 2. The van der Waals surface area contributed by atoms with Gasteiger partial charge in [0, 0.05) is 26.1 Å². The number of rotatable bonds is 5. The van der Waals surface area contributed by atoms with Crippen molar-refractivity contribution in [1.82, 2.24) is 10.2 Å². The van der Waals surface area contributed by atoms with Crippen LogP contribution in [-0.2, 0) is 19.1 Å². The van der Waals surface area contributed by atoms with Crippen molar-refractivity contribution >= 4 is 17.8 Å². The molecule has 0 aromatic carbocycles. The molecule has 7 nitrogen and oxygen atoms in total. The summed E-state index contributed by atoms with van der Waals surface area (Å²) in [4.78, 5) is 35.6. The van der Waals surface area contributed by atoms with E-state index in [1.165, 1.54) is 0 Å². The summed E-state index contributed by atoms with van der Waals surface area (Å²) in [6.07, 6.45) is 0.648. The van der Waals surface area contributed by atoms with Crippen LogP contribution in [0.2, 0.25) is 0 Å². The van der Waals surface area contributed by atoms with E-state index >= 15 is 0 Å². The van der Waals surface area contributed by atoms with Crippen LogP contribution in [0.15, 0.2) is 0 Å². The number of morpholine rings is 1. The Labute approximate surface area is 110 Å². The minimum Gasteiger partial charge on any atom is -0.481 e. The Morgan fingerprint density at radius 3 is 2.47 bits per heavy atom. The van der Waals surface area contributed by atoms with Gasteiger partial charge < -0.3 is 20.1 Å². The van der Waals surface area contributed by atoms with E-state index in [4.69, 9.17) is 9.84 Å². The second kappa shape index (κ2) is 6.01. The van der Waals surface area contributed by atoms with E-state index in [2.05, 4.69) is 5.32 Å². The maximum atomic E-state index is 11.8. The Bertz CT molecular complexity index is 378. The normalized spacial score (nSPS) is 25.8. The highest BCUT2D eigenvalue weighted by Crippen LogP contribution is 2.38. The van der Waals surface area contributed by atoms with E-state index in [1.807, 2.05) is 0 Å². The molecule has 0 bridgehead atoms. The van der Waals surface area contributed by atoms with Gasteiger partial charge in [-0.05, 0) is 6.42 Å². The molecule has 1 heterocycles. The third-order valence-corrected chi connectivity index (χ3v) is 3.45. The highest BCUT2D eigenvalue weighted by atomic mass is 16.5. The maximum Gasteiger partial charge on any atom is 0.307 e. The van der Waals surface area contributed by atoms with E-state index in [0.717, 1.165) is 0 Å². The molecule has 1 aliphatic carbocycles. The number of carboxylic acids is 1. The van der Waals surface area contributed by atoms with Crippen LogP contribution in [0.1, 0.15) is 12.8 Å². The topological polar surface area (TPSA) is 95.9 Å². The smallest absolute Gasteiger partial charge is 0.307 e. The summed E-state index contributed by atoms with van der Waals surface area (Å²) >= 11 is 0. The number of nitrogens with one attached hydrogen (secondary N) is 1. The molecule has 0 aromatic heterocycles. The van der Waals surface area contributed by atoms with Gasteiger partial charge >= 0.3 is 5.97 Å². The van der Waals surface area contributed by atoms with Crippen molar-refractivity contribution in [1.29, 1.82) is 0 Å². The average Bonchev–Trinajstić information content (AvgIpc) is 3.20. The average molecular weight is 270 g/mol. The zero-order valence-electron chi connectivity index (χ0n) is 10.6. The summed E-state index contributed by atoms with van der Waals surface area (Å²) in [5.41, 5.74) is 0. The van der Waals surface area contributed by atoms with Crippen LogP contribution in [0.5, 0.6) is 0 Å². The number of hydrogen-bond donors (Lipinski definition) is 2. The molecule has 106 valence electrons. The number of ether oxygens (including phenoxy) is 1. The number of amides is 2. The molecule has 0 radical (unpaired) electrons. The van der Waals surface area contributed by atoms with Crippen LogP contribution >= 0.6 is 0 Å². The van der Waals surface area contributed by atoms with Gasteiger partial charge in [-0.25, -0.2) is 0 Å². The quantitative estimate of drug-likeness (QED) is 0.673. The Hall–Kier alpha value is -1.63. The maximum absolute atomic E-state index is 11.8. The second-order valence-corrected chi connectivity index (χ2v) is 4.82. The van der Waals surface area contributed by atoms with Gasteiger partial charge in [-0.2, -0.15) is 0 Å². The number of hydrogen-bond acceptors (Lipinski definition) is 4. The van der Waals surface area contributed by atoms with Crippen LogP contribution < -0.4 is 5.32 Å². The summed E-state index contributed by atoms with van der Waals surface area (Å²) in [6.45, 7) is 2.56. The zero-order valence-corrected chi connectivity index (χ0v) is 10.6. The molecular weight excluding hydrogens is 252 g/mol. The molecular formula is C12H18N2O5. The fraction of sp³-hybridized carbons (Fsp3) is 0.750. The predicted octanol–water partition coefficient (Wildman–Crippen LogP) is -0.928. The summed E-state index contributed by atoms with van der Waals surface area (Å²) < 4.78 is 5.15. The van der Waals surface area contributed by atoms with Gasteiger partial charge in [0.2, 0.25) is 11.8 Å². The summed E-state index contributed by atoms with van der Waals surface area (Å²) in [5, 5.41) is 11.3. The molecule has 2 amide bonds. The third-order valence-electron chi connectivity index (χ3n) is 3.45. The number of nitrogens with zero attached hydrogens (tertiary/aromatic N) is 1. The first-order valence-electron chi connectivity index (χ1n) is 6.45. The lowest BCUT2D eigenvalue weighted by molar-refractivity contribution is -0.140. The van der Waals surface area contributed by atoms with Gasteiger partial charge in [0.1, 0.15) is 0 Å². The summed E-state index contributed by atoms with van der Waals surface area (Å²) in [6, 6.07) is 0. The monoisotopic (exact) mass is 270 g/mol. The summed E-state index contributed by atoms with van der Waals surface area (Å²) in [5.74, 6) is -2.16. The van der Waals surface area contributed by atoms with Crippen LogP contribution in [0.3, 0.4) is 0 Å². The first-order chi connectivity index (χ1) is 9.09. The van der Waals surface area contributed by atoms with Crippen molar-refractivity contribution in [3.63, 3.8) is 0 Å². The molecule has 7 heteroatoms. The first kappa shape index (κ1) is 13.8. The molecule has 0 aromatic rings. The molecule has 2 rings (SSSR count). The fourth-order valence-electron chi connectivity index (χ4n) is 2.15. The van der Waals surface area contributed by atoms with Gasteiger partial charge in [0.15, 0.2) is 0 Å². The van der Waals surface area contributed by atoms with Crippen molar-refractivity contribution in [3.8, 4) is 0 Å². The highest BCUT2D eigenvalue weighted by Gasteiger charge is 2.48. The van der Waals surface area contributed by atoms with Crippen molar-refractivity contribution in [2.75, 3.05) is 32.8 Å². The van der Waals surface area contributed by atoms with E-state index in [1.54, 1.807) is 4.90 Å². The number of carbonyl (C=O) groups is 3. The van der Waals surface area contributed by atoms with Crippen molar-refractivity contribution < 1.29 is 24.2 Å². The molecule has 2 aliphatic rings. The van der Waals surface area contributed by atoms with Crippen molar-refractivity contribution in [3.05, 3.63) is 0 Å². The van der Waals surface area contributed by atoms with Gasteiger partial charge in [-0.1, -0.05) is 0 Å². The van der Waals surface area contributed by atoms with Crippen LogP contribution in [-0.4, -0.2) is 60.6 Å². The molecule has 0 spiro atoms. The molecule has 2 N–H and O–H groups in total. The molecule has 1 aliphatic heterocycles. The molecule has 1 saturated heterocycles. The molecule has 19 heavy (non-hydrogen) atoms. The van der Waals surface area contributed by atoms with E-state index in [-0.39, 0.29) is 24.8 Å².